The van der Waals surface area contributed by atoms with Crippen LogP contribution in [0, 0.1) is 0 Å². The molecule has 2 heterocycles. The number of likely N-dealkylation sites (tertiary alicyclic amines) is 1. The zero-order valence-corrected chi connectivity index (χ0v) is 12.8. The summed E-state index contributed by atoms with van der Waals surface area (Å²) in [4.78, 5) is 16.0. The number of hydrogen-bond donors (Lipinski definition) is 1. The highest BCUT2D eigenvalue weighted by atomic mass is 32.1. The predicted octanol–water partition coefficient (Wildman–Crippen LogP) is 3.23. The predicted molar refractivity (Wildman–Crippen MR) is 86.5 cm³/mol. The van der Waals surface area contributed by atoms with Crippen LogP contribution in [0.2, 0.25) is 0 Å². The molecule has 3 rings (SSSR count). The summed E-state index contributed by atoms with van der Waals surface area (Å²) in [7, 11) is 0. The Labute approximate surface area is 129 Å². The monoisotopic (exact) mass is 300 g/mol. The minimum absolute atomic E-state index is 0.144. The molecule has 1 amide bonds. The molecular weight excluding hydrogens is 280 g/mol. The van der Waals surface area contributed by atoms with Crippen molar-refractivity contribution in [3.05, 3.63) is 57.8 Å². The second-order valence-electron chi connectivity index (χ2n) is 5.41. The fourth-order valence-corrected chi connectivity index (χ4v) is 3.81. The number of benzene rings is 1. The first-order valence-electron chi connectivity index (χ1n) is 7.43. The van der Waals surface area contributed by atoms with Gasteiger partial charge in [-0.25, -0.2) is 0 Å². The van der Waals surface area contributed by atoms with Crippen LogP contribution in [0.15, 0.2) is 41.8 Å². The molecule has 1 fully saturated rings. The number of rotatable bonds is 4. The molecule has 3 nitrogen and oxygen atoms in total. The first-order chi connectivity index (χ1) is 10.3. The molecule has 1 aromatic carbocycles. The van der Waals surface area contributed by atoms with Crippen LogP contribution in [0.25, 0.3) is 0 Å². The smallest absolute Gasteiger partial charge is 0.254 e. The van der Waals surface area contributed by atoms with Gasteiger partial charge in [-0.15, -0.1) is 11.3 Å². The van der Waals surface area contributed by atoms with E-state index in [0.717, 1.165) is 31.4 Å². The minimum Gasteiger partial charge on any atom is -0.331 e. The maximum Gasteiger partial charge on any atom is 0.254 e. The molecule has 1 atom stereocenters. The van der Waals surface area contributed by atoms with E-state index in [1.807, 2.05) is 29.2 Å². The van der Waals surface area contributed by atoms with Crippen molar-refractivity contribution in [1.29, 1.82) is 0 Å². The molecule has 4 heteroatoms. The van der Waals surface area contributed by atoms with Crippen molar-refractivity contribution >= 4 is 17.2 Å². The van der Waals surface area contributed by atoms with Crippen molar-refractivity contribution in [3.63, 3.8) is 0 Å². The summed E-state index contributed by atoms with van der Waals surface area (Å²) in [6.07, 6.45) is 3.01. The van der Waals surface area contributed by atoms with Gasteiger partial charge in [-0.2, -0.15) is 0 Å². The molecule has 0 radical (unpaired) electrons. The average molecular weight is 300 g/mol. The van der Waals surface area contributed by atoms with Gasteiger partial charge in [0.1, 0.15) is 0 Å². The summed E-state index contributed by atoms with van der Waals surface area (Å²) in [6, 6.07) is 12.3. The van der Waals surface area contributed by atoms with Crippen molar-refractivity contribution in [2.45, 2.75) is 25.3 Å². The third kappa shape index (κ3) is 3.01. The van der Waals surface area contributed by atoms with Crippen molar-refractivity contribution < 1.29 is 4.79 Å². The SMILES string of the molecule is NCCc1ccc(C(=O)N2CCCC2c2cccs2)cc1. The highest BCUT2D eigenvalue weighted by molar-refractivity contribution is 7.10. The second kappa shape index (κ2) is 6.41. The largest absolute Gasteiger partial charge is 0.331 e. The van der Waals surface area contributed by atoms with Gasteiger partial charge in [0.25, 0.3) is 5.91 Å². The third-order valence-corrected chi connectivity index (χ3v) is 4.99. The summed E-state index contributed by atoms with van der Waals surface area (Å²) in [5, 5.41) is 2.08. The van der Waals surface area contributed by atoms with Gasteiger partial charge in [0.2, 0.25) is 0 Å². The lowest BCUT2D eigenvalue weighted by Gasteiger charge is -2.24. The number of carbonyl (C=O) groups is 1. The molecule has 21 heavy (non-hydrogen) atoms. The number of carbonyl (C=O) groups excluding carboxylic acids is 1. The lowest BCUT2D eigenvalue weighted by Crippen LogP contribution is -2.30. The number of nitrogens with two attached hydrogens (primary N) is 1. The molecule has 0 bridgehead atoms. The van der Waals surface area contributed by atoms with Crippen LogP contribution in [-0.2, 0) is 6.42 Å². The molecule has 1 aliphatic rings. The van der Waals surface area contributed by atoms with Crippen LogP contribution >= 0.6 is 11.3 Å². The Balaban J connectivity index is 1.77. The molecular formula is C17H20N2OS. The first kappa shape index (κ1) is 14.3. The van der Waals surface area contributed by atoms with Crippen molar-refractivity contribution in [1.82, 2.24) is 4.90 Å². The van der Waals surface area contributed by atoms with E-state index in [1.165, 1.54) is 10.4 Å². The minimum atomic E-state index is 0.144. The van der Waals surface area contributed by atoms with Crippen molar-refractivity contribution in [2.75, 3.05) is 13.1 Å². The topological polar surface area (TPSA) is 46.3 Å². The van der Waals surface area contributed by atoms with Gasteiger partial charge in [0, 0.05) is 17.0 Å². The van der Waals surface area contributed by atoms with E-state index < -0.39 is 0 Å². The normalized spacial score (nSPS) is 18.1. The van der Waals surface area contributed by atoms with Crippen LogP contribution in [0.1, 0.15) is 39.7 Å². The quantitative estimate of drug-likeness (QED) is 0.942. The first-order valence-corrected chi connectivity index (χ1v) is 8.31. The van der Waals surface area contributed by atoms with E-state index in [2.05, 4.69) is 17.5 Å². The molecule has 1 aromatic heterocycles. The number of thiophene rings is 1. The van der Waals surface area contributed by atoms with E-state index in [0.29, 0.717) is 6.54 Å². The van der Waals surface area contributed by atoms with Crippen molar-refractivity contribution in [3.8, 4) is 0 Å². The lowest BCUT2D eigenvalue weighted by atomic mass is 10.1. The molecule has 0 aliphatic carbocycles. The fraction of sp³-hybridized carbons (Fsp3) is 0.353. The zero-order chi connectivity index (χ0) is 14.7. The highest BCUT2D eigenvalue weighted by Crippen LogP contribution is 2.35. The molecule has 0 saturated carbocycles. The lowest BCUT2D eigenvalue weighted by molar-refractivity contribution is 0.0738. The fourth-order valence-electron chi connectivity index (χ4n) is 2.93. The van der Waals surface area contributed by atoms with Gasteiger partial charge < -0.3 is 10.6 Å². The number of nitrogens with zero attached hydrogens (tertiary/aromatic N) is 1. The van der Waals surface area contributed by atoms with E-state index in [4.69, 9.17) is 5.73 Å². The molecule has 1 aliphatic heterocycles. The van der Waals surface area contributed by atoms with Crippen LogP contribution in [0.5, 0.6) is 0 Å². The van der Waals surface area contributed by atoms with Gasteiger partial charge >= 0.3 is 0 Å². The Kier molecular flexibility index (Phi) is 4.36. The zero-order valence-electron chi connectivity index (χ0n) is 12.0. The van der Waals surface area contributed by atoms with E-state index >= 15 is 0 Å². The Morgan fingerprint density at radius 3 is 2.76 bits per heavy atom. The molecule has 2 aromatic rings. The summed E-state index contributed by atoms with van der Waals surface area (Å²) >= 11 is 1.74. The Morgan fingerprint density at radius 2 is 2.10 bits per heavy atom. The van der Waals surface area contributed by atoms with E-state index in [-0.39, 0.29) is 11.9 Å². The van der Waals surface area contributed by atoms with Crippen molar-refractivity contribution in [2.24, 2.45) is 5.73 Å². The van der Waals surface area contributed by atoms with Crippen LogP contribution in [-0.4, -0.2) is 23.9 Å². The molecule has 0 spiro atoms. The molecule has 110 valence electrons. The Morgan fingerprint density at radius 1 is 1.29 bits per heavy atom. The van der Waals surface area contributed by atoms with Gasteiger partial charge in [0.15, 0.2) is 0 Å². The maximum absolute atomic E-state index is 12.7. The number of hydrogen-bond acceptors (Lipinski definition) is 3. The van der Waals surface area contributed by atoms with Crippen LogP contribution in [0.4, 0.5) is 0 Å². The summed E-state index contributed by atoms with van der Waals surface area (Å²) in [5.74, 6) is 0.144. The number of amides is 1. The summed E-state index contributed by atoms with van der Waals surface area (Å²) in [6.45, 7) is 1.49. The Bertz CT molecular complexity index is 592. The second-order valence-corrected chi connectivity index (χ2v) is 6.39. The standard InChI is InChI=1S/C17H20N2OS/c18-10-9-13-5-7-14(8-6-13)17(20)19-11-1-3-15(19)16-4-2-12-21-16/h2,4-8,12,15H,1,3,9-11,18H2. The van der Waals surface area contributed by atoms with Crippen LogP contribution < -0.4 is 5.73 Å². The average Bonchev–Trinajstić information content (AvgIpc) is 3.18. The molecule has 2 N–H and O–H groups in total. The highest BCUT2D eigenvalue weighted by Gasteiger charge is 2.30. The molecule has 1 saturated heterocycles. The van der Waals surface area contributed by atoms with Gasteiger partial charge in [-0.3, -0.25) is 4.79 Å². The third-order valence-electron chi connectivity index (χ3n) is 4.02. The van der Waals surface area contributed by atoms with Gasteiger partial charge in [0.05, 0.1) is 6.04 Å². The summed E-state index contributed by atoms with van der Waals surface area (Å²) in [5.41, 5.74) is 7.52. The van der Waals surface area contributed by atoms with Gasteiger partial charge in [-0.1, -0.05) is 18.2 Å². The van der Waals surface area contributed by atoms with Gasteiger partial charge in [-0.05, 0) is 54.9 Å². The molecule has 1 unspecified atom stereocenters. The van der Waals surface area contributed by atoms with E-state index in [1.54, 1.807) is 11.3 Å². The van der Waals surface area contributed by atoms with Crippen LogP contribution in [0.3, 0.4) is 0 Å². The maximum atomic E-state index is 12.7. The Hall–Kier alpha value is -1.65. The van der Waals surface area contributed by atoms with E-state index in [9.17, 15) is 4.79 Å². The summed E-state index contributed by atoms with van der Waals surface area (Å²) < 4.78 is 0.